The van der Waals surface area contributed by atoms with E-state index in [9.17, 15) is 13.2 Å². The van der Waals surface area contributed by atoms with E-state index in [0.717, 1.165) is 0 Å². The monoisotopic (exact) mass is 406 g/mol. The van der Waals surface area contributed by atoms with Crippen molar-refractivity contribution >= 4 is 27.3 Å². The summed E-state index contributed by atoms with van der Waals surface area (Å²) in [7, 11) is -0.528. The Labute approximate surface area is 166 Å². The third-order valence-corrected chi connectivity index (χ3v) is 5.36. The number of rotatable bonds is 9. The number of carbonyl (C=O) groups is 1. The highest BCUT2D eigenvalue weighted by molar-refractivity contribution is 7.92. The van der Waals surface area contributed by atoms with Crippen molar-refractivity contribution in [1.82, 2.24) is 0 Å². The summed E-state index contributed by atoms with van der Waals surface area (Å²) in [5.41, 5.74) is 0.899. The van der Waals surface area contributed by atoms with Crippen molar-refractivity contribution in [2.24, 2.45) is 5.92 Å². The Kier molecular flexibility index (Phi) is 7.28. The summed E-state index contributed by atoms with van der Waals surface area (Å²) in [6, 6.07) is 11.5. The number of benzene rings is 2. The minimum atomic E-state index is -3.55. The number of amides is 1. The molecule has 0 saturated carbocycles. The SMILES string of the molecule is COc1ccc(NC(=O)c2ccccc2NS(=O)(=O)CCC(C)C)c(OC)c1. The minimum Gasteiger partial charge on any atom is -0.497 e. The van der Waals surface area contributed by atoms with Gasteiger partial charge in [0.25, 0.3) is 5.91 Å². The fourth-order valence-corrected chi connectivity index (χ4v) is 3.87. The van der Waals surface area contributed by atoms with Crippen LogP contribution in [0.1, 0.15) is 30.6 Å². The van der Waals surface area contributed by atoms with E-state index < -0.39 is 15.9 Å². The highest BCUT2D eigenvalue weighted by Gasteiger charge is 2.18. The number of hydrogen-bond donors (Lipinski definition) is 2. The fourth-order valence-electron chi connectivity index (χ4n) is 2.47. The number of nitrogens with one attached hydrogen (secondary N) is 2. The molecule has 0 heterocycles. The molecule has 7 nitrogen and oxygen atoms in total. The van der Waals surface area contributed by atoms with Crippen molar-refractivity contribution in [1.29, 1.82) is 0 Å². The van der Waals surface area contributed by atoms with Crippen molar-refractivity contribution < 1.29 is 22.7 Å². The van der Waals surface area contributed by atoms with Crippen LogP contribution in [0.5, 0.6) is 11.5 Å². The second-order valence-electron chi connectivity index (χ2n) is 6.67. The molecule has 0 spiro atoms. The van der Waals surface area contributed by atoms with Gasteiger partial charge in [0.2, 0.25) is 10.0 Å². The molecule has 2 rings (SSSR count). The molecule has 152 valence electrons. The number of anilines is 2. The maximum Gasteiger partial charge on any atom is 0.257 e. The molecule has 8 heteroatoms. The molecule has 28 heavy (non-hydrogen) atoms. The lowest BCUT2D eigenvalue weighted by atomic mass is 10.1. The normalized spacial score (nSPS) is 11.2. The smallest absolute Gasteiger partial charge is 0.257 e. The van der Waals surface area contributed by atoms with Crippen LogP contribution >= 0.6 is 0 Å². The topological polar surface area (TPSA) is 93.7 Å². The van der Waals surface area contributed by atoms with Crippen LogP contribution in [0.4, 0.5) is 11.4 Å². The van der Waals surface area contributed by atoms with Crippen molar-refractivity contribution in [2.75, 3.05) is 30.0 Å². The summed E-state index contributed by atoms with van der Waals surface area (Å²) in [4.78, 5) is 12.8. The van der Waals surface area contributed by atoms with E-state index in [0.29, 0.717) is 23.6 Å². The average molecular weight is 407 g/mol. The van der Waals surface area contributed by atoms with Gasteiger partial charge in [0.1, 0.15) is 11.5 Å². The van der Waals surface area contributed by atoms with Gasteiger partial charge in [-0.1, -0.05) is 26.0 Å². The summed E-state index contributed by atoms with van der Waals surface area (Å²) in [5, 5.41) is 2.75. The van der Waals surface area contributed by atoms with Gasteiger partial charge in [-0.05, 0) is 36.6 Å². The Bertz CT molecular complexity index is 926. The third-order valence-electron chi connectivity index (χ3n) is 4.06. The summed E-state index contributed by atoms with van der Waals surface area (Å²) in [6.45, 7) is 3.91. The quantitative estimate of drug-likeness (QED) is 0.662. The van der Waals surface area contributed by atoms with Gasteiger partial charge in [0.15, 0.2) is 0 Å². The number of para-hydroxylation sites is 1. The molecule has 0 unspecified atom stereocenters. The van der Waals surface area contributed by atoms with E-state index in [2.05, 4.69) is 10.0 Å². The first-order valence-electron chi connectivity index (χ1n) is 8.88. The molecule has 0 aliphatic heterocycles. The lowest BCUT2D eigenvalue weighted by Gasteiger charge is -2.15. The predicted molar refractivity (Wildman–Crippen MR) is 111 cm³/mol. The van der Waals surface area contributed by atoms with Crippen LogP contribution in [0.2, 0.25) is 0 Å². The highest BCUT2D eigenvalue weighted by Crippen LogP contribution is 2.30. The van der Waals surface area contributed by atoms with Crippen LogP contribution in [0.25, 0.3) is 0 Å². The Hall–Kier alpha value is -2.74. The van der Waals surface area contributed by atoms with Gasteiger partial charge in [0, 0.05) is 6.07 Å². The summed E-state index contributed by atoms with van der Waals surface area (Å²) < 4.78 is 37.6. The lowest BCUT2D eigenvalue weighted by molar-refractivity contribution is 0.102. The van der Waals surface area contributed by atoms with Gasteiger partial charge in [-0.2, -0.15) is 0 Å². The van der Waals surface area contributed by atoms with E-state index in [-0.39, 0.29) is 22.9 Å². The summed E-state index contributed by atoms with van der Waals surface area (Å²) in [5.74, 6) is 0.826. The van der Waals surface area contributed by atoms with E-state index in [1.807, 2.05) is 13.8 Å². The number of sulfonamides is 1. The maximum atomic E-state index is 12.8. The van der Waals surface area contributed by atoms with Crippen LogP contribution in [-0.2, 0) is 10.0 Å². The summed E-state index contributed by atoms with van der Waals surface area (Å²) in [6.07, 6.45) is 0.534. The molecule has 2 N–H and O–H groups in total. The second-order valence-corrected chi connectivity index (χ2v) is 8.51. The van der Waals surface area contributed by atoms with Crippen molar-refractivity contribution in [3.63, 3.8) is 0 Å². The largest absolute Gasteiger partial charge is 0.497 e. The molecule has 0 bridgehead atoms. The summed E-state index contributed by atoms with van der Waals surface area (Å²) >= 11 is 0. The third kappa shape index (κ3) is 5.88. The molecular weight excluding hydrogens is 380 g/mol. The Morgan fingerprint density at radius 2 is 1.75 bits per heavy atom. The first-order chi connectivity index (χ1) is 13.3. The predicted octanol–water partition coefficient (Wildman–Crippen LogP) is 3.74. The van der Waals surface area contributed by atoms with Crippen molar-refractivity contribution in [3.05, 3.63) is 48.0 Å². The Balaban J connectivity index is 2.23. The van der Waals surface area contributed by atoms with E-state index >= 15 is 0 Å². The Morgan fingerprint density at radius 1 is 1.04 bits per heavy atom. The second kappa shape index (κ2) is 9.45. The standard InChI is InChI=1S/C20H26N2O5S/c1-14(2)11-12-28(24,25)22-17-8-6-5-7-16(17)20(23)21-18-10-9-15(26-3)13-19(18)27-4/h5-10,13-14,22H,11-12H2,1-4H3,(H,21,23). The molecule has 0 saturated heterocycles. The molecule has 0 aliphatic rings. The maximum absolute atomic E-state index is 12.8. The molecule has 0 aromatic heterocycles. The first-order valence-corrected chi connectivity index (χ1v) is 10.5. The number of methoxy groups -OCH3 is 2. The number of ether oxygens (including phenoxy) is 2. The molecule has 0 atom stereocenters. The van der Waals surface area contributed by atoms with Gasteiger partial charge in [-0.15, -0.1) is 0 Å². The molecular formula is C20H26N2O5S. The zero-order valence-electron chi connectivity index (χ0n) is 16.5. The van der Waals surface area contributed by atoms with Crippen molar-refractivity contribution in [2.45, 2.75) is 20.3 Å². The molecule has 2 aromatic carbocycles. The zero-order chi connectivity index (χ0) is 20.7. The van der Waals surface area contributed by atoms with Gasteiger partial charge >= 0.3 is 0 Å². The van der Waals surface area contributed by atoms with Crippen LogP contribution in [0.3, 0.4) is 0 Å². The average Bonchev–Trinajstić information content (AvgIpc) is 2.67. The molecule has 0 fully saturated rings. The highest BCUT2D eigenvalue weighted by atomic mass is 32.2. The van der Waals surface area contributed by atoms with Gasteiger partial charge in [0.05, 0.1) is 36.9 Å². The number of carbonyl (C=O) groups excluding carboxylic acids is 1. The molecule has 0 radical (unpaired) electrons. The van der Waals surface area contributed by atoms with Crippen LogP contribution < -0.4 is 19.5 Å². The molecule has 2 aromatic rings. The van der Waals surface area contributed by atoms with E-state index in [1.54, 1.807) is 42.5 Å². The van der Waals surface area contributed by atoms with E-state index in [1.165, 1.54) is 14.2 Å². The van der Waals surface area contributed by atoms with Crippen LogP contribution in [0.15, 0.2) is 42.5 Å². The zero-order valence-corrected chi connectivity index (χ0v) is 17.3. The molecule has 0 aliphatic carbocycles. The minimum absolute atomic E-state index is 0.00702. The van der Waals surface area contributed by atoms with Crippen molar-refractivity contribution in [3.8, 4) is 11.5 Å². The van der Waals surface area contributed by atoms with Crippen LogP contribution in [0, 0.1) is 5.92 Å². The lowest BCUT2D eigenvalue weighted by Crippen LogP contribution is -2.21. The molecule has 1 amide bonds. The first kappa shape index (κ1) is 21.6. The number of hydrogen-bond acceptors (Lipinski definition) is 5. The van der Waals surface area contributed by atoms with E-state index in [4.69, 9.17) is 9.47 Å². The van der Waals surface area contributed by atoms with Gasteiger partial charge in [-0.25, -0.2) is 8.42 Å². The fraction of sp³-hybridized carbons (Fsp3) is 0.350. The van der Waals surface area contributed by atoms with Gasteiger partial charge < -0.3 is 14.8 Å². The van der Waals surface area contributed by atoms with Crippen LogP contribution in [-0.4, -0.2) is 34.3 Å². The van der Waals surface area contributed by atoms with Gasteiger partial charge in [-0.3, -0.25) is 9.52 Å². The Morgan fingerprint density at radius 3 is 2.39 bits per heavy atom.